The second-order valence-corrected chi connectivity index (χ2v) is 15.9. The van der Waals surface area contributed by atoms with Gasteiger partial charge in [0.1, 0.15) is 29.4 Å². The van der Waals surface area contributed by atoms with Crippen LogP contribution >= 0.6 is 0 Å². The van der Waals surface area contributed by atoms with Crippen molar-refractivity contribution in [1.82, 2.24) is 4.98 Å². The lowest BCUT2D eigenvalue weighted by molar-refractivity contribution is -0.340. The third-order valence-electron chi connectivity index (χ3n) is 12.0. The second-order valence-electron chi connectivity index (χ2n) is 15.9. The Morgan fingerprint density at radius 2 is 1.91 bits per heavy atom. The molecule has 0 amide bonds. The van der Waals surface area contributed by atoms with Gasteiger partial charge in [0.2, 0.25) is 0 Å². The van der Waals surface area contributed by atoms with E-state index in [2.05, 4.69) is 25.8 Å². The van der Waals surface area contributed by atoms with Crippen LogP contribution in [-0.2, 0) is 34.7 Å². The summed E-state index contributed by atoms with van der Waals surface area (Å²) in [5.74, 6) is -3.62. The van der Waals surface area contributed by atoms with Crippen LogP contribution in [0.1, 0.15) is 96.1 Å². The molecule has 5 aliphatic rings. The van der Waals surface area contributed by atoms with Gasteiger partial charge in [-0.1, -0.05) is 64.5 Å². The minimum Gasteiger partial charge on any atom is -0.462 e. The van der Waals surface area contributed by atoms with Crippen molar-refractivity contribution in [1.29, 1.82) is 0 Å². The van der Waals surface area contributed by atoms with Crippen LogP contribution in [0.15, 0.2) is 65.4 Å². The topological polar surface area (TPSA) is 134 Å². The van der Waals surface area contributed by atoms with Gasteiger partial charge in [-0.2, -0.15) is 13.2 Å². The van der Waals surface area contributed by atoms with Crippen molar-refractivity contribution in [3.63, 3.8) is 0 Å². The predicted molar refractivity (Wildman–Crippen MR) is 191 cm³/mol. The molecule has 1 aliphatic carbocycles. The average molecular weight is 760 g/mol. The van der Waals surface area contributed by atoms with E-state index in [9.17, 15) is 33.0 Å². The van der Waals surface area contributed by atoms with Crippen molar-refractivity contribution in [3.8, 4) is 0 Å². The van der Waals surface area contributed by atoms with Crippen molar-refractivity contribution in [2.75, 3.05) is 6.61 Å². The number of carbonyl (C=O) groups is 2. The van der Waals surface area contributed by atoms with Gasteiger partial charge in [-0.15, -0.1) is 0 Å². The summed E-state index contributed by atoms with van der Waals surface area (Å²) in [6.07, 6.45) is 3.95. The maximum atomic E-state index is 14.4. The molecule has 5 heterocycles. The number of aromatic nitrogens is 1. The van der Waals surface area contributed by atoms with Crippen molar-refractivity contribution in [2.45, 2.75) is 134 Å². The summed E-state index contributed by atoms with van der Waals surface area (Å²) in [5.41, 5.74) is -1.93. The molecular formula is C41H52F3NO9. The van der Waals surface area contributed by atoms with E-state index in [1.54, 1.807) is 25.2 Å². The molecule has 12 atom stereocenters. The van der Waals surface area contributed by atoms with Gasteiger partial charge in [-0.05, 0) is 67.4 Å². The normalized spacial score (nSPS) is 40.6. The number of aliphatic hydroxyl groups is 2. The maximum Gasteiger partial charge on any atom is 0.433 e. The number of hydrogen-bond donors (Lipinski definition) is 2. The molecule has 0 unspecified atom stereocenters. The van der Waals surface area contributed by atoms with Crippen LogP contribution in [-0.4, -0.2) is 81.8 Å². The largest absolute Gasteiger partial charge is 0.462 e. The first kappa shape index (κ1) is 40.3. The van der Waals surface area contributed by atoms with Gasteiger partial charge in [0.05, 0.1) is 30.5 Å². The molecule has 2 N–H and O–H groups in total. The Bertz CT molecular complexity index is 1680. The van der Waals surface area contributed by atoms with Crippen LogP contribution in [0.2, 0.25) is 0 Å². The SMILES string of the molecule is CC[C@H](C)[C@H]1O[C@]2(CC[C@@H]1C)C[C@@H]1C[C@@H](C/C=C(\C)[C@@H](O)[C@@H](C)/C=C/C=C3\CO[C@@H]4[C@H](OC(=O)c5ccc(C(F)(F)F)nc5)C(C)=C[C@@H](C(=O)O1)[C@]34O)O2. The summed E-state index contributed by atoms with van der Waals surface area (Å²) in [6, 6.07) is 1.65. The minimum atomic E-state index is -4.69. The van der Waals surface area contributed by atoms with Crippen molar-refractivity contribution in [2.24, 2.45) is 23.7 Å². The first-order chi connectivity index (χ1) is 25.5. The Hall–Kier alpha value is -3.36. The first-order valence-electron chi connectivity index (χ1n) is 19.0. The summed E-state index contributed by atoms with van der Waals surface area (Å²) < 4.78 is 71.1. The third kappa shape index (κ3) is 7.98. The highest BCUT2D eigenvalue weighted by molar-refractivity contribution is 5.89. The van der Waals surface area contributed by atoms with Crippen molar-refractivity contribution < 1.29 is 56.7 Å². The molecule has 13 heteroatoms. The van der Waals surface area contributed by atoms with Gasteiger partial charge >= 0.3 is 18.1 Å². The van der Waals surface area contributed by atoms with Crippen molar-refractivity contribution >= 4 is 11.9 Å². The fraction of sp³-hybridized carbons (Fsp3) is 0.634. The highest BCUT2D eigenvalue weighted by Crippen LogP contribution is 2.48. The monoisotopic (exact) mass is 759 g/mol. The second kappa shape index (κ2) is 15.6. The summed E-state index contributed by atoms with van der Waals surface area (Å²) in [5, 5.41) is 23.9. The van der Waals surface area contributed by atoms with Crippen LogP contribution in [0.5, 0.6) is 0 Å². The lowest BCUT2D eigenvalue weighted by Crippen LogP contribution is -2.59. The van der Waals surface area contributed by atoms with E-state index in [1.807, 2.05) is 19.9 Å². The zero-order valence-corrected chi connectivity index (χ0v) is 31.7. The molecule has 3 saturated heterocycles. The number of alkyl halides is 3. The molecule has 1 aromatic rings. The van der Waals surface area contributed by atoms with Crippen LogP contribution in [0, 0.1) is 23.7 Å². The minimum absolute atomic E-state index is 0.0461. The molecule has 0 aromatic carbocycles. The number of ether oxygens (including phenoxy) is 5. The molecule has 10 nitrogen and oxygen atoms in total. The van der Waals surface area contributed by atoms with E-state index in [4.69, 9.17) is 23.7 Å². The van der Waals surface area contributed by atoms with Crippen LogP contribution in [0.4, 0.5) is 13.2 Å². The number of fused-ring (bicyclic) bond motifs is 2. The Morgan fingerprint density at radius 3 is 2.59 bits per heavy atom. The molecule has 1 spiro atoms. The van der Waals surface area contributed by atoms with E-state index in [1.165, 1.54) is 6.08 Å². The Kier molecular flexibility index (Phi) is 11.7. The molecule has 54 heavy (non-hydrogen) atoms. The quantitative estimate of drug-likeness (QED) is 0.249. The van der Waals surface area contributed by atoms with E-state index >= 15 is 0 Å². The summed E-state index contributed by atoms with van der Waals surface area (Å²) >= 11 is 0. The summed E-state index contributed by atoms with van der Waals surface area (Å²) in [6.45, 7) is 11.7. The number of halogens is 3. The number of allylic oxidation sites excluding steroid dienone is 2. The smallest absolute Gasteiger partial charge is 0.433 e. The number of carbonyl (C=O) groups excluding carboxylic acids is 2. The summed E-state index contributed by atoms with van der Waals surface area (Å²) in [4.78, 5) is 31.0. The van der Waals surface area contributed by atoms with E-state index in [-0.39, 0.29) is 36.2 Å². The Balaban J connectivity index is 1.35. The molecule has 0 saturated carbocycles. The Labute approximate surface area is 314 Å². The highest BCUT2D eigenvalue weighted by Gasteiger charge is 2.61. The van der Waals surface area contributed by atoms with Crippen LogP contribution < -0.4 is 0 Å². The van der Waals surface area contributed by atoms with Crippen molar-refractivity contribution in [3.05, 3.63) is 76.7 Å². The molecule has 3 fully saturated rings. The Morgan fingerprint density at radius 1 is 1.15 bits per heavy atom. The molecule has 296 valence electrons. The van der Waals surface area contributed by atoms with E-state index in [0.717, 1.165) is 30.7 Å². The van der Waals surface area contributed by atoms with Gasteiger partial charge in [0.15, 0.2) is 11.9 Å². The number of pyridine rings is 1. The fourth-order valence-corrected chi connectivity index (χ4v) is 8.55. The van der Waals surface area contributed by atoms with Gasteiger partial charge in [0, 0.05) is 31.4 Å². The van der Waals surface area contributed by atoms with Gasteiger partial charge in [-0.3, -0.25) is 9.78 Å². The number of rotatable bonds is 4. The van der Waals surface area contributed by atoms with Gasteiger partial charge < -0.3 is 33.9 Å². The zero-order chi connectivity index (χ0) is 39.2. The van der Waals surface area contributed by atoms with E-state index < -0.39 is 65.5 Å². The highest BCUT2D eigenvalue weighted by atomic mass is 19.4. The summed E-state index contributed by atoms with van der Waals surface area (Å²) in [7, 11) is 0. The molecule has 6 rings (SSSR count). The zero-order valence-electron chi connectivity index (χ0n) is 31.7. The van der Waals surface area contributed by atoms with Crippen LogP contribution in [0.25, 0.3) is 0 Å². The fourth-order valence-electron chi connectivity index (χ4n) is 8.55. The van der Waals surface area contributed by atoms with Crippen LogP contribution in [0.3, 0.4) is 0 Å². The average Bonchev–Trinajstić information content (AvgIpc) is 3.47. The molecule has 1 aromatic heterocycles. The number of esters is 2. The van der Waals surface area contributed by atoms with Gasteiger partial charge in [-0.25, -0.2) is 4.79 Å². The van der Waals surface area contributed by atoms with Gasteiger partial charge in [0.25, 0.3) is 0 Å². The predicted octanol–water partition coefficient (Wildman–Crippen LogP) is 6.81. The molecular weight excluding hydrogens is 707 g/mol. The number of aliphatic hydroxyl groups excluding tert-OH is 1. The first-order valence-corrected chi connectivity index (χ1v) is 19.0. The number of nitrogens with zero attached hydrogens (tertiary/aromatic N) is 1. The molecule has 4 aliphatic heterocycles. The molecule has 2 bridgehead atoms. The molecule has 0 radical (unpaired) electrons. The standard InChI is InChI=1S/C41H52F3NO9/c1-7-22(2)34-25(5)15-16-39(54-34)19-30-18-29(53-39)13-11-24(4)33(46)23(3)9-8-10-28-21-50-36-35(26(6)17-31(38(48)51-30)40(28,36)49)52-37(47)27-12-14-32(45-20-27)41(42,43)44/h8-12,14,17,20,22-23,25,29-31,33-36,46,49H,7,13,15-16,18-19,21H2,1-6H3/b9-8+,24-11+,28-10+/t22-,23-,25-,29+,30-,31-,33-,34+,35+,36+,39+,40+/m0/s1. The number of hydrogen-bond acceptors (Lipinski definition) is 10. The lowest BCUT2D eigenvalue weighted by atomic mass is 9.70. The third-order valence-corrected chi connectivity index (χ3v) is 12.0. The van der Waals surface area contributed by atoms with E-state index in [0.29, 0.717) is 48.8 Å². The lowest BCUT2D eigenvalue weighted by Gasteiger charge is -2.51. The maximum absolute atomic E-state index is 14.4.